The first kappa shape index (κ1) is 11.5. The maximum absolute atomic E-state index is 11.1. The average molecular weight is 230 g/mol. The van der Waals surface area contributed by atoms with Crippen LogP contribution >= 0.6 is 0 Å². The normalized spacial score (nSPS) is 12.4. The van der Waals surface area contributed by atoms with E-state index in [9.17, 15) is 4.91 Å². The van der Waals surface area contributed by atoms with Crippen LogP contribution in [0.25, 0.3) is 5.69 Å². The molecule has 0 saturated carbocycles. The van der Waals surface area contributed by atoms with Gasteiger partial charge in [-0.15, -0.1) is 0 Å². The summed E-state index contributed by atoms with van der Waals surface area (Å²) in [5.41, 5.74) is 2.19. The summed E-state index contributed by atoms with van der Waals surface area (Å²) < 4.78 is 2.80. The Labute approximate surface area is 100 Å². The van der Waals surface area contributed by atoms with E-state index in [0.717, 1.165) is 22.4 Å². The Balaban J connectivity index is 2.11. The fourth-order valence-corrected chi connectivity index (χ4v) is 1.68. The zero-order chi connectivity index (χ0) is 12.3. The van der Waals surface area contributed by atoms with Crippen LogP contribution in [-0.2, 0) is 6.42 Å². The van der Waals surface area contributed by atoms with E-state index in [2.05, 4.69) is 5.10 Å². The standard InChI is InChI=1S/C13H16N3O/c1-11(15(2)17)10-12-4-6-13(7-5-12)16-9-3-8-14-16/h3-9,11H,10H2,1-2H3/q+1. The van der Waals surface area contributed by atoms with Gasteiger partial charge < -0.3 is 0 Å². The van der Waals surface area contributed by atoms with Gasteiger partial charge in [-0.2, -0.15) is 5.10 Å². The Bertz CT molecular complexity index is 488. The van der Waals surface area contributed by atoms with Crippen molar-refractivity contribution in [2.75, 3.05) is 7.05 Å². The van der Waals surface area contributed by atoms with Gasteiger partial charge >= 0.3 is 0 Å². The predicted molar refractivity (Wildman–Crippen MR) is 66.3 cm³/mol. The van der Waals surface area contributed by atoms with Crippen molar-refractivity contribution in [3.05, 3.63) is 53.2 Å². The van der Waals surface area contributed by atoms with Crippen LogP contribution < -0.4 is 0 Å². The number of aromatic nitrogens is 2. The van der Waals surface area contributed by atoms with Crippen LogP contribution in [0.1, 0.15) is 12.5 Å². The number of likely N-dealkylation sites (N-methyl/N-ethyl adjacent to an activating group) is 1. The van der Waals surface area contributed by atoms with Crippen LogP contribution in [0.3, 0.4) is 0 Å². The molecule has 0 spiro atoms. The molecular formula is C13H16N3O+. The summed E-state index contributed by atoms with van der Waals surface area (Å²) >= 11 is 0. The van der Waals surface area contributed by atoms with E-state index < -0.39 is 0 Å². The lowest BCUT2D eigenvalue weighted by Crippen LogP contribution is -2.19. The summed E-state index contributed by atoms with van der Waals surface area (Å²) in [6.45, 7) is 1.93. The van der Waals surface area contributed by atoms with E-state index in [1.165, 1.54) is 0 Å². The average Bonchev–Trinajstić information content (AvgIpc) is 2.83. The number of benzene rings is 1. The van der Waals surface area contributed by atoms with Crippen molar-refractivity contribution in [3.8, 4) is 5.69 Å². The van der Waals surface area contributed by atoms with E-state index in [1.807, 2.05) is 48.1 Å². The molecule has 88 valence electrons. The van der Waals surface area contributed by atoms with Gasteiger partial charge in [0, 0.05) is 30.6 Å². The monoisotopic (exact) mass is 230 g/mol. The van der Waals surface area contributed by atoms with Crippen LogP contribution in [0.4, 0.5) is 0 Å². The summed E-state index contributed by atoms with van der Waals surface area (Å²) in [7, 11) is 1.56. The van der Waals surface area contributed by atoms with Gasteiger partial charge in [0.15, 0.2) is 7.05 Å². The first-order valence-corrected chi connectivity index (χ1v) is 5.66. The second kappa shape index (κ2) is 4.91. The summed E-state index contributed by atoms with van der Waals surface area (Å²) in [4.78, 5) is 11.1. The van der Waals surface area contributed by atoms with Crippen molar-refractivity contribution in [2.24, 2.45) is 0 Å². The van der Waals surface area contributed by atoms with Gasteiger partial charge in [0.2, 0.25) is 6.04 Å². The summed E-state index contributed by atoms with van der Waals surface area (Å²) in [5.74, 6) is 0. The fraction of sp³-hybridized carbons (Fsp3) is 0.308. The molecule has 2 rings (SSSR count). The fourth-order valence-electron chi connectivity index (χ4n) is 1.68. The highest BCUT2D eigenvalue weighted by molar-refractivity contribution is 5.33. The third-order valence-corrected chi connectivity index (χ3v) is 2.86. The molecule has 4 nitrogen and oxygen atoms in total. The van der Waals surface area contributed by atoms with Gasteiger partial charge in [0.1, 0.15) is 0 Å². The zero-order valence-corrected chi connectivity index (χ0v) is 10.1. The number of hydrogen-bond acceptors (Lipinski definition) is 2. The van der Waals surface area contributed by atoms with Crippen LogP contribution in [0.5, 0.6) is 0 Å². The molecule has 0 aliphatic heterocycles. The highest BCUT2D eigenvalue weighted by atomic mass is 16.3. The number of nitrogens with zero attached hydrogens (tertiary/aromatic N) is 3. The molecule has 1 heterocycles. The molecule has 1 aromatic heterocycles. The molecule has 1 atom stereocenters. The van der Waals surface area contributed by atoms with Crippen LogP contribution in [0.2, 0.25) is 0 Å². The molecule has 0 fully saturated rings. The topological polar surface area (TPSA) is 37.9 Å². The lowest BCUT2D eigenvalue weighted by Gasteiger charge is -2.05. The third kappa shape index (κ3) is 2.78. The molecular weight excluding hydrogens is 214 g/mol. The molecule has 0 saturated heterocycles. The first-order chi connectivity index (χ1) is 8.16. The molecule has 4 heteroatoms. The van der Waals surface area contributed by atoms with Crippen molar-refractivity contribution in [1.82, 2.24) is 9.78 Å². The molecule has 0 aliphatic rings. The van der Waals surface area contributed by atoms with Crippen molar-refractivity contribution < 1.29 is 4.76 Å². The molecule has 0 N–H and O–H groups in total. The molecule has 2 aromatic rings. The second-order valence-electron chi connectivity index (χ2n) is 4.22. The second-order valence-corrected chi connectivity index (χ2v) is 4.22. The van der Waals surface area contributed by atoms with E-state index >= 15 is 0 Å². The van der Waals surface area contributed by atoms with Gasteiger partial charge in [-0.3, -0.25) is 0 Å². The minimum Gasteiger partial charge on any atom is -0.241 e. The van der Waals surface area contributed by atoms with Gasteiger partial charge in [-0.1, -0.05) is 12.1 Å². The number of hydrogen-bond donors (Lipinski definition) is 0. The van der Waals surface area contributed by atoms with Crippen molar-refractivity contribution in [1.29, 1.82) is 0 Å². The van der Waals surface area contributed by atoms with Crippen molar-refractivity contribution in [3.63, 3.8) is 0 Å². The third-order valence-electron chi connectivity index (χ3n) is 2.86. The largest absolute Gasteiger partial charge is 0.241 e. The maximum atomic E-state index is 11.1. The van der Waals surface area contributed by atoms with E-state index in [1.54, 1.807) is 13.2 Å². The quantitative estimate of drug-likeness (QED) is 0.755. The smallest absolute Gasteiger partial charge is 0.202 e. The number of nitroso groups, excluding NO2 is 1. The minimum absolute atomic E-state index is 0.00514. The maximum Gasteiger partial charge on any atom is 0.202 e. The Morgan fingerprint density at radius 2 is 2.06 bits per heavy atom. The highest BCUT2D eigenvalue weighted by Gasteiger charge is 2.14. The molecule has 0 radical (unpaired) electrons. The van der Waals surface area contributed by atoms with E-state index in [-0.39, 0.29) is 6.04 Å². The number of rotatable bonds is 4. The van der Waals surface area contributed by atoms with Gasteiger partial charge in [-0.25, -0.2) is 4.68 Å². The van der Waals surface area contributed by atoms with Crippen molar-refractivity contribution in [2.45, 2.75) is 19.4 Å². The molecule has 0 aliphatic carbocycles. The lowest BCUT2D eigenvalue weighted by molar-refractivity contribution is -0.554. The van der Waals surface area contributed by atoms with Gasteiger partial charge in [0.05, 0.1) is 5.69 Å². The predicted octanol–water partition coefficient (Wildman–Crippen LogP) is 2.21. The zero-order valence-electron chi connectivity index (χ0n) is 10.1. The highest BCUT2D eigenvalue weighted by Crippen LogP contribution is 2.10. The first-order valence-electron chi connectivity index (χ1n) is 5.66. The van der Waals surface area contributed by atoms with Gasteiger partial charge in [0.25, 0.3) is 0 Å². The molecule has 0 amide bonds. The Kier molecular flexibility index (Phi) is 3.32. The van der Waals surface area contributed by atoms with Crippen LogP contribution in [-0.4, -0.2) is 27.6 Å². The van der Waals surface area contributed by atoms with Crippen molar-refractivity contribution >= 4 is 0 Å². The molecule has 0 bridgehead atoms. The Hall–Kier alpha value is -1.97. The van der Waals surface area contributed by atoms with Crippen LogP contribution in [0.15, 0.2) is 42.7 Å². The van der Waals surface area contributed by atoms with Crippen LogP contribution in [0, 0.1) is 4.91 Å². The molecule has 1 unspecified atom stereocenters. The Morgan fingerprint density at radius 3 is 2.59 bits per heavy atom. The molecule has 17 heavy (non-hydrogen) atoms. The molecule has 1 aromatic carbocycles. The minimum atomic E-state index is 0.00514. The lowest BCUT2D eigenvalue weighted by atomic mass is 10.1. The van der Waals surface area contributed by atoms with Gasteiger partial charge in [-0.05, 0) is 28.5 Å². The van der Waals surface area contributed by atoms with E-state index in [4.69, 9.17) is 0 Å². The summed E-state index contributed by atoms with van der Waals surface area (Å²) in [6, 6.07) is 10.0. The Morgan fingerprint density at radius 1 is 1.35 bits per heavy atom. The van der Waals surface area contributed by atoms with E-state index in [0.29, 0.717) is 0 Å². The SMILES string of the molecule is CC(Cc1ccc(-n2cccn2)cc1)[N+](C)=O. The summed E-state index contributed by atoms with van der Waals surface area (Å²) in [5, 5.41) is 4.16. The summed E-state index contributed by atoms with van der Waals surface area (Å²) in [6.07, 6.45) is 4.42.